The molecule has 224 valence electrons. The van der Waals surface area contributed by atoms with Crippen LogP contribution < -0.4 is 20.3 Å². The average Bonchev–Trinajstić information content (AvgIpc) is 3.76. The molecule has 2 N–H and O–H groups in total. The normalized spacial score (nSPS) is 18.3. The molecule has 11 heteroatoms. The molecule has 2 aromatic carbocycles. The fraction of sp³-hybridized carbons (Fsp3) is 0.273. The minimum atomic E-state index is -0.371. The molecule has 1 aliphatic carbocycles. The van der Waals surface area contributed by atoms with Gasteiger partial charge in [-0.3, -0.25) is 14.5 Å². The van der Waals surface area contributed by atoms with Crippen LogP contribution in [0.3, 0.4) is 0 Å². The number of ether oxygens (including phenoxy) is 1. The van der Waals surface area contributed by atoms with Gasteiger partial charge in [-0.2, -0.15) is 0 Å². The van der Waals surface area contributed by atoms with Crippen molar-refractivity contribution in [2.75, 3.05) is 23.3 Å². The maximum Gasteiger partial charge on any atom is 0.331 e. The number of allylic oxidation sites excluding steroid dienone is 1. The molecule has 1 saturated carbocycles. The smallest absolute Gasteiger partial charge is 0.331 e. The molecule has 4 amide bonds. The molecule has 4 aromatic rings. The van der Waals surface area contributed by atoms with Gasteiger partial charge in [0.25, 0.3) is 11.8 Å². The zero-order chi connectivity index (χ0) is 30.4. The zero-order valence-electron chi connectivity index (χ0n) is 24.0. The maximum atomic E-state index is 13.6. The molecule has 2 aromatic heterocycles. The number of anilines is 3. The van der Waals surface area contributed by atoms with Crippen LogP contribution in [0, 0.1) is 12.8 Å². The number of carbonyl (C=O) groups is 3. The van der Waals surface area contributed by atoms with E-state index in [-0.39, 0.29) is 28.9 Å². The molecule has 7 rings (SSSR count). The van der Waals surface area contributed by atoms with Crippen LogP contribution in [-0.2, 0) is 4.79 Å². The summed E-state index contributed by atoms with van der Waals surface area (Å²) in [6, 6.07) is 16.3. The summed E-state index contributed by atoms with van der Waals surface area (Å²) in [5.41, 5.74) is 2.64. The van der Waals surface area contributed by atoms with Crippen molar-refractivity contribution in [2.24, 2.45) is 5.92 Å². The number of para-hydroxylation sites is 1. The lowest BCUT2D eigenvalue weighted by molar-refractivity contribution is -0.127. The first kappa shape index (κ1) is 28.4. The number of aromatic nitrogens is 1. The van der Waals surface area contributed by atoms with Gasteiger partial charge >= 0.3 is 6.03 Å². The van der Waals surface area contributed by atoms with Gasteiger partial charge in [0.2, 0.25) is 0 Å². The van der Waals surface area contributed by atoms with Crippen LogP contribution in [0.15, 0.2) is 71.9 Å². The van der Waals surface area contributed by atoms with Crippen molar-refractivity contribution < 1.29 is 19.1 Å². The number of benzene rings is 2. The Labute approximate surface area is 263 Å². The van der Waals surface area contributed by atoms with Crippen molar-refractivity contribution in [1.29, 1.82) is 0 Å². The summed E-state index contributed by atoms with van der Waals surface area (Å²) < 4.78 is 5.98. The van der Waals surface area contributed by atoms with Gasteiger partial charge in [0.1, 0.15) is 26.2 Å². The molecule has 44 heavy (non-hydrogen) atoms. The van der Waals surface area contributed by atoms with Crippen LogP contribution in [0.2, 0.25) is 0 Å². The number of hydrogen-bond donors (Lipinski definition) is 2. The van der Waals surface area contributed by atoms with Crippen LogP contribution in [-0.4, -0.2) is 46.9 Å². The summed E-state index contributed by atoms with van der Waals surface area (Å²) in [5.74, 6) is 1.29. The topological polar surface area (TPSA) is 104 Å². The highest BCUT2D eigenvalue weighted by Crippen LogP contribution is 2.46. The van der Waals surface area contributed by atoms with Gasteiger partial charge in [0, 0.05) is 25.3 Å². The van der Waals surface area contributed by atoms with Crippen LogP contribution in [0.1, 0.15) is 40.9 Å². The van der Waals surface area contributed by atoms with Gasteiger partial charge in [0.05, 0.1) is 22.4 Å². The Morgan fingerprint density at radius 3 is 2.68 bits per heavy atom. The number of piperidine rings is 1. The average molecular weight is 628 g/mol. The van der Waals surface area contributed by atoms with E-state index in [0.717, 1.165) is 37.0 Å². The van der Waals surface area contributed by atoms with Crippen molar-refractivity contribution in [3.8, 4) is 11.5 Å². The molecule has 0 bridgehead atoms. The van der Waals surface area contributed by atoms with E-state index >= 15 is 0 Å². The molecule has 0 spiro atoms. The number of amides is 4. The third-order valence-corrected chi connectivity index (χ3v) is 9.48. The van der Waals surface area contributed by atoms with E-state index in [2.05, 4.69) is 15.6 Å². The highest BCUT2D eigenvalue weighted by Gasteiger charge is 2.35. The van der Waals surface area contributed by atoms with Crippen molar-refractivity contribution in [1.82, 2.24) is 15.2 Å². The molecular weight excluding hydrogens is 598 g/mol. The molecule has 4 heterocycles. The molecule has 0 radical (unpaired) electrons. The number of nitrogens with zero attached hydrogens (tertiary/aromatic N) is 3. The monoisotopic (exact) mass is 627 g/mol. The highest BCUT2D eigenvalue weighted by molar-refractivity contribution is 7.21. The molecule has 2 fully saturated rings. The van der Waals surface area contributed by atoms with Crippen molar-refractivity contribution in [3.05, 3.63) is 82.3 Å². The minimum Gasteiger partial charge on any atom is -0.457 e. The highest BCUT2D eigenvalue weighted by atomic mass is 35.5. The second-order valence-corrected chi connectivity index (χ2v) is 12.8. The first-order chi connectivity index (χ1) is 21.4. The van der Waals surface area contributed by atoms with Crippen LogP contribution in [0.5, 0.6) is 11.5 Å². The van der Waals surface area contributed by atoms with E-state index in [4.69, 9.17) is 16.3 Å². The van der Waals surface area contributed by atoms with E-state index in [1.807, 2.05) is 61.5 Å². The van der Waals surface area contributed by atoms with Gasteiger partial charge in [-0.1, -0.05) is 35.9 Å². The number of pyridine rings is 1. The Morgan fingerprint density at radius 1 is 1.09 bits per heavy atom. The Hall–Kier alpha value is -4.41. The second-order valence-electron chi connectivity index (χ2n) is 11.4. The third kappa shape index (κ3) is 5.51. The molecule has 9 nitrogen and oxygen atoms in total. The molecule has 1 atom stereocenters. The molecule has 1 unspecified atom stereocenters. The molecule has 3 aliphatic rings. The number of carbonyl (C=O) groups excluding carboxylic acids is 3. The lowest BCUT2D eigenvalue weighted by atomic mass is 10.0. The van der Waals surface area contributed by atoms with E-state index < -0.39 is 0 Å². The summed E-state index contributed by atoms with van der Waals surface area (Å²) in [6.07, 6.45) is 7.14. The summed E-state index contributed by atoms with van der Waals surface area (Å²) in [6.45, 7) is 2.91. The Morgan fingerprint density at radius 2 is 1.91 bits per heavy atom. The predicted octanol–water partition coefficient (Wildman–Crippen LogP) is 7.33. The summed E-state index contributed by atoms with van der Waals surface area (Å²) in [4.78, 5) is 49.0. The van der Waals surface area contributed by atoms with Crippen LogP contribution >= 0.6 is 22.9 Å². The van der Waals surface area contributed by atoms with Gasteiger partial charge in [-0.25, -0.2) is 9.78 Å². The van der Waals surface area contributed by atoms with Crippen molar-refractivity contribution in [3.63, 3.8) is 0 Å². The van der Waals surface area contributed by atoms with E-state index in [1.165, 1.54) is 11.3 Å². The minimum absolute atomic E-state index is 0.189. The van der Waals surface area contributed by atoms with E-state index in [9.17, 15) is 14.4 Å². The summed E-state index contributed by atoms with van der Waals surface area (Å²) >= 11 is 7.54. The number of likely N-dealkylation sites (tertiary alicyclic amines) is 1. The predicted molar refractivity (Wildman–Crippen MR) is 172 cm³/mol. The standard InChI is InChI=1S/C33H30ClN5O4S/c1-19-16-23(43-22-7-3-2-4-8-22)11-12-25(19)39-26-13-14-35-31-27(26)28(37-33(39)42)29(44-31)30(40)36-21-6-5-15-38(18-21)32(41)24(34)17-20-9-10-20/h2-4,7-8,11-14,16-17,20-21H,5-6,9-10,15,18H2,1H3,(H,36,40)(H,37,42). The molecular formula is C33H30ClN5O4S. The number of thiophene rings is 1. The number of hydrogen-bond acceptors (Lipinski definition) is 6. The molecule has 2 aliphatic heterocycles. The fourth-order valence-corrected chi connectivity index (χ4v) is 7.09. The third-order valence-electron chi connectivity index (χ3n) is 8.09. The van der Waals surface area contributed by atoms with Crippen molar-refractivity contribution >= 4 is 68.1 Å². The van der Waals surface area contributed by atoms with Gasteiger partial charge in [-0.05, 0) is 80.5 Å². The first-order valence-corrected chi connectivity index (χ1v) is 15.9. The number of nitrogens with one attached hydrogen (secondary N) is 2. The SMILES string of the molecule is Cc1cc(Oc2ccccc2)ccc1N1C(=O)Nc2c(C(=O)NC3CCCN(C(=O)C(Cl)=CC4CC4)C3)sc3nccc1c23. The lowest BCUT2D eigenvalue weighted by Crippen LogP contribution is -2.49. The Bertz CT molecular complexity index is 1820. The Kier molecular flexibility index (Phi) is 7.47. The number of halogens is 1. The number of aryl methyl sites for hydroxylation is 1. The lowest BCUT2D eigenvalue weighted by Gasteiger charge is -2.33. The zero-order valence-corrected chi connectivity index (χ0v) is 25.6. The largest absolute Gasteiger partial charge is 0.457 e. The second kappa shape index (κ2) is 11.6. The quantitative estimate of drug-likeness (QED) is 0.209. The Balaban J connectivity index is 1.12. The van der Waals surface area contributed by atoms with Gasteiger partial charge in [0.15, 0.2) is 0 Å². The van der Waals surface area contributed by atoms with Crippen LogP contribution in [0.25, 0.3) is 10.2 Å². The van der Waals surface area contributed by atoms with E-state index in [0.29, 0.717) is 56.9 Å². The van der Waals surface area contributed by atoms with Crippen molar-refractivity contribution in [2.45, 2.75) is 38.6 Å². The van der Waals surface area contributed by atoms with Crippen LogP contribution in [0.4, 0.5) is 21.9 Å². The number of rotatable bonds is 7. The van der Waals surface area contributed by atoms with E-state index in [1.54, 1.807) is 22.1 Å². The van der Waals surface area contributed by atoms with Gasteiger partial charge in [-0.15, -0.1) is 11.3 Å². The first-order valence-electron chi connectivity index (χ1n) is 14.7. The summed E-state index contributed by atoms with van der Waals surface area (Å²) in [5, 5.41) is 7.02. The fourth-order valence-electron chi connectivity index (χ4n) is 5.77. The number of urea groups is 1. The molecule has 1 saturated heterocycles. The van der Waals surface area contributed by atoms with Gasteiger partial charge < -0.3 is 20.3 Å². The summed E-state index contributed by atoms with van der Waals surface area (Å²) in [7, 11) is 0. The maximum absolute atomic E-state index is 13.6.